The number of unbranched alkanes of at least 4 members (excludes halogenated alkanes) is 31. The van der Waals surface area contributed by atoms with Gasteiger partial charge in [0.25, 0.3) is 0 Å². The van der Waals surface area contributed by atoms with Crippen molar-refractivity contribution in [3.63, 3.8) is 0 Å². The minimum atomic E-state index is -0.312. The van der Waals surface area contributed by atoms with Crippen molar-refractivity contribution in [2.24, 2.45) is 0 Å². The second-order valence-corrected chi connectivity index (χ2v) is 20.0. The Kier molecular flexibility index (Phi) is 54.6. The van der Waals surface area contributed by atoms with Gasteiger partial charge in [0, 0.05) is 39.3 Å². The fraction of sp³-hybridized carbons (Fsp3) is 0.966. The maximum Gasteiger partial charge on any atom is 0.305 e. The van der Waals surface area contributed by atoms with E-state index in [-0.39, 0.29) is 30.9 Å². The van der Waals surface area contributed by atoms with E-state index in [0.29, 0.717) is 45.7 Å². The molecule has 1 atom stereocenters. The molecule has 9 heteroatoms. The van der Waals surface area contributed by atoms with Crippen molar-refractivity contribution in [2.75, 3.05) is 59.3 Å². The number of aliphatic hydroxyl groups excluding tert-OH is 1. The monoisotopic (exact) mass is 954 g/mol. The predicted molar refractivity (Wildman–Crippen MR) is 283 cm³/mol. The van der Waals surface area contributed by atoms with Crippen molar-refractivity contribution in [1.29, 1.82) is 0 Å². The van der Waals surface area contributed by atoms with E-state index in [2.05, 4.69) is 32.6 Å². The van der Waals surface area contributed by atoms with E-state index in [1.807, 2.05) is 0 Å². The molecule has 0 aromatic rings. The van der Waals surface area contributed by atoms with Crippen LogP contribution in [-0.2, 0) is 33.3 Å². The van der Waals surface area contributed by atoms with E-state index in [1.54, 1.807) is 0 Å². The second-order valence-electron chi connectivity index (χ2n) is 20.0. The lowest BCUT2D eigenvalue weighted by atomic mass is 10.1. The molecule has 0 saturated carbocycles. The topological polar surface area (TPSA) is 104 Å². The number of nitrogens with zero attached hydrogens (tertiary/aromatic N) is 1. The fourth-order valence-electron chi connectivity index (χ4n) is 8.69. The molecule has 0 aromatic heterocycles. The Hall–Kier alpha value is -1.26. The van der Waals surface area contributed by atoms with E-state index < -0.39 is 0 Å². The molecular formula is C58H115NO8. The van der Waals surface area contributed by atoms with Crippen molar-refractivity contribution in [3.8, 4) is 0 Å². The van der Waals surface area contributed by atoms with Gasteiger partial charge in [-0.1, -0.05) is 201 Å². The Morgan fingerprint density at radius 3 is 1.04 bits per heavy atom. The van der Waals surface area contributed by atoms with Gasteiger partial charge in [0.05, 0.1) is 25.7 Å². The molecule has 400 valence electrons. The van der Waals surface area contributed by atoms with Gasteiger partial charge < -0.3 is 33.7 Å². The average Bonchev–Trinajstić information content (AvgIpc) is 3.33. The molecule has 0 rings (SSSR count). The van der Waals surface area contributed by atoms with E-state index >= 15 is 0 Å². The zero-order chi connectivity index (χ0) is 48.8. The smallest absolute Gasteiger partial charge is 0.305 e. The van der Waals surface area contributed by atoms with Crippen LogP contribution in [0, 0.1) is 0 Å². The third kappa shape index (κ3) is 52.4. The van der Waals surface area contributed by atoms with Crippen molar-refractivity contribution < 1.29 is 38.4 Å². The molecule has 0 aromatic carbocycles. The molecular weight excluding hydrogens is 839 g/mol. The Morgan fingerprint density at radius 1 is 0.373 bits per heavy atom. The van der Waals surface area contributed by atoms with Crippen molar-refractivity contribution in [1.82, 2.24) is 4.90 Å². The highest BCUT2D eigenvalue weighted by Crippen LogP contribution is 2.15. The predicted octanol–water partition coefficient (Wildman–Crippen LogP) is 16.2. The van der Waals surface area contributed by atoms with Crippen LogP contribution in [0.4, 0.5) is 0 Å². The number of ether oxygens (including phenoxy) is 5. The first-order valence-electron chi connectivity index (χ1n) is 29.5. The number of aliphatic hydroxyl groups is 1. The summed E-state index contributed by atoms with van der Waals surface area (Å²) in [4.78, 5) is 27.4. The van der Waals surface area contributed by atoms with Crippen LogP contribution < -0.4 is 0 Å². The van der Waals surface area contributed by atoms with E-state index in [1.165, 1.54) is 180 Å². The Bertz CT molecular complexity index is 964. The summed E-state index contributed by atoms with van der Waals surface area (Å²) < 4.78 is 29.3. The summed E-state index contributed by atoms with van der Waals surface area (Å²) in [5, 5.41) is 9.33. The SMILES string of the molecule is CCCCCCCCCOC(C)CCC(=O)OCCCCCCCCCN(CCCCO)CCCCCCCCCOC(=O)CCC(OCCCCCCCCC)OCCCCCCCCC. The third-order valence-electron chi connectivity index (χ3n) is 13.2. The van der Waals surface area contributed by atoms with Crippen molar-refractivity contribution in [2.45, 2.75) is 303 Å². The van der Waals surface area contributed by atoms with E-state index in [0.717, 1.165) is 90.4 Å². The first-order chi connectivity index (χ1) is 33.0. The van der Waals surface area contributed by atoms with Gasteiger partial charge in [0.2, 0.25) is 0 Å². The second kappa shape index (κ2) is 55.7. The molecule has 0 heterocycles. The van der Waals surface area contributed by atoms with Gasteiger partial charge in [-0.3, -0.25) is 9.59 Å². The Balaban J connectivity index is 3.99. The van der Waals surface area contributed by atoms with Crippen molar-refractivity contribution in [3.05, 3.63) is 0 Å². The van der Waals surface area contributed by atoms with Crippen LogP contribution in [0.1, 0.15) is 291 Å². The summed E-state index contributed by atoms with van der Waals surface area (Å²) >= 11 is 0. The van der Waals surface area contributed by atoms with Gasteiger partial charge in [-0.15, -0.1) is 0 Å². The lowest BCUT2D eigenvalue weighted by Gasteiger charge is -2.22. The van der Waals surface area contributed by atoms with Gasteiger partial charge in [0.15, 0.2) is 6.29 Å². The van der Waals surface area contributed by atoms with Crippen molar-refractivity contribution >= 4 is 11.9 Å². The van der Waals surface area contributed by atoms with Gasteiger partial charge in [-0.25, -0.2) is 0 Å². The largest absolute Gasteiger partial charge is 0.466 e. The number of esters is 2. The molecule has 0 bridgehead atoms. The lowest BCUT2D eigenvalue weighted by molar-refractivity contribution is -0.159. The highest BCUT2D eigenvalue weighted by Gasteiger charge is 2.14. The molecule has 67 heavy (non-hydrogen) atoms. The minimum absolute atomic E-state index is 0.0864. The van der Waals surface area contributed by atoms with Crippen LogP contribution in [0.15, 0.2) is 0 Å². The molecule has 9 nitrogen and oxygen atoms in total. The zero-order valence-electron chi connectivity index (χ0n) is 45.3. The van der Waals surface area contributed by atoms with Crippen LogP contribution in [-0.4, -0.2) is 93.6 Å². The molecule has 0 aliphatic heterocycles. The van der Waals surface area contributed by atoms with Gasteiger partial charge >= 0.3 is 11.9 Å². The van der Waals surface area contributed by atoms with Crippen LogP contribution in [0.2, 0.25) is 0 Å². The van der Waals surface area contributed by atoms with Gasteiger partial charge in [-0.05, 0) is 90.8 Å². The standard InChI is InChI=1S/C58H115NO8/c1-5-8-11-14-21-28-37-50-63-55(4)42-43-56(61)64-51-38-29-24-17-19-26-33-46-59(48-35-36-49-60)47-34-27-20-18-25-30-39-52-65-57(62)44-45-58(66-53-40-31-22-15-12-9-6-2)67-54-41-32-23-16-13-10-7-3/h55,58,60H,5-54H2,1-4H3. The maximum absolute atomic E-state index is 12.6. The number of carbonyl (C=O) groups is 2. The molecule has 0 aliphatic rings. The number of rotatable bonds is 57. The summed E-state index contributed by atoms with van der Waals surface area (Å²) in [5.74, 6) is -0.216. The molecule has 0 fully saturated rings. The summed E-state index contributed by atoms with van der Waals surface area (Å²) in [6.07, 6.45) is 47.0. The highest BCUT2D eigenvalue weighted by atomic mass is 16.7. The summed E-state index contributed by atoms with van der Waals surface area (Å²) in [6, 6.07) is 0. The lowest BCUT2D eigenvalue weighted by Crippen LogP contribution is -2.27. The molecule has 0 amide bonds. The normalized spacial score (nSPS) is 12.2. The minimum Gasteiger partial charge on any atom is -0.466 e. The van der Waals surface area contributed by atoms with Crippen LogP contribution in [0.25, 0.3) is 0 Å². The number of hydrogen-bond donors (Lipinski definition) is 1. The van der Waals surface area contributed by atoms with E-state index in [4.69, 9.17) is 23.7 Å². The molecule has 1 unspecified atom stereocenters. The maximum atomic E-state index is 12.6. The molecule has 0 aliphatic carbocycles. The average molecular weight is 955 g/mol. The van der Waals surface area contributed by atoms with Gasteiger partial charge in [-0.2, -0.15) is 0 Å². The molecule has 0 spiro atoms. The van der Waals surface area contributed by atoms with Crippen LogP contribution in [0.3, 0.4) is 0 Å². The number of hydrogen-bond acceptors (Lipinski definition) is 9. The summed E-state index contributed by atoms with van der Waals surface area (Å²) in [6.45, 7) is 15.8. The van der Waals surface area contributed by atoms with E-state index in [9.17, 15) is 14.7 Å². The first kappa shape index (κ1) is 65.7. The summed E-state index contributed by atoms with van der Waals surface area (Å²) in [7, 11) is 0. The quantitative estimate of drug-likeness (QED) is 0.0363. The number of carbonyl (C=O) groups excluding carboxylic acids is 2. The molecule has 1 N–H and O–H groups in total. The van der Waals surface area contributed by atoms with Crippen LogP contribution in [0.5, 0.6) is 0 Å². The summed E-state index contributed by atoms with van der Waals surface area (Å²) in [5.41, 5.74) is 0. The highest BCUT2D eigenvalue weighted by molar-refractivity contribution is 5.69. The molecule has 0 radical (unpaired) electrons. The molecule has 0 saturated heterocycles. The first-order valence-corrected chi connectivity index (χ1v) is 29.5. The zero-order valence-corrected chi connectivity index (χ0v) is 45.3. The fourth-order valence-corrected chi connectivity index (χ4v) is 8.69. The van der Waals surface area contributed by atoms with Crippen LogP contribution >= 0.6 is 0 Å². The van der Waals surface area contributed by atoms with Gasteiger partial charge in [0.1, 0.15) is 0 Å². The Labute approximate surface area is 416 Å². The third-order valence-corrected chi connectivity index (χ3v) is 13.2. The Morgan fingerprint density at radius 2 is 0.672 bits per heavy atom.